The summed E-state index contributed by atoms with van der Waals surface area (Å²) < 4.78 is 2.02. The van der Waals surface area contributed by atoms with Crippen molar-refractivity contribution in [1.29, 1.82) is 0 Å². The predicted molar refractivity (Wildman–Crippen MR) is 85.7 cm³/mol. The van der Waals surface area contributed by atoms with Gasteiger partial charge in [-0.3, -0.25) is 14.7 Å². The first-order valence-corrected chi connectivity index (χ1v) is 7.83. The van der Waals surface area contributed by atoms with Gasteiger partial charge in [0.2, 0.25) is 5.91 Å². The summed E-state index contributed by atoms with van der Waals surface area (Å²) in [5, 5.41) is 11.3. The van der Waals surface area contributed by atoms with Gasteiger partial charge in [0.15, 0.2) is 0 Å². The summed E-state index contributed by atoms with van der Waals surface area (Å²) >= 11 is 0. The lowest BCUT2D eigenvalue weighted by Gasteiger charge is -2.32. The van der Waals surface area contributed by atoms with Crippen LogP contribution in [0.5, 0.6) is 0 Å². The highest BCUT2D eigenvalue weighted by atomic mass is 16.2. The van der Waals surface area contributed by atoms with Gasteiger partial charge in [0.1, 0.15) is 17.7 Å². The molecule has 7 nitrogen and oxygen atoms in total. The first-order valence-electron chi connectivity index (χ1n) is 7.83. The minimum absolute atomic E-state index is 0.0415. The molecule has 3 heterocycles. The Bertz CT molecular complexity index is 710. The third kappa shape index (κ3) is 3.24. The summed E-state index contributed by atoms with van der Waals surface area (Å²) in [7, 11) is 1.95. The van der Waals surface area contributed by atoms with Crippen LogP contribution in [-0.4, -0.2) is 50.2 Å². The van der Waals surface area contributed by atoms with Gasteiger partial charge in [-0.15, -0.1) is 10.2 Å². The van der Waals surface area contributed by atoms with Crippen molar-refractivity contribution in [1.82, 2.24) is 30.0 Å². The predicted octanol–water partition coefficient (Wildman–Crippen LogP) is 0.463. The smallest absolute Gasteiger partial charge is 0.239 e. The topological polar surface area (TPSA) is 75.9 Å². The Kier molecular flexibility index (Phi) is 4.38. The summed E-state index contributed by atoms with van der Waals surface area (Å²) in [6, 6.07) is 3.77. The lowest BCUT2D eigenvalue weighted by Crippen LogP contribution is -2.50. The molecule has 1 unspecified atom stereocenters. The number of nitrogens with one attached hydrogen (secondary N) is 1. The number of hydrogen-bond donors (Lipinski definition) is 1. The Labute approximate surface area is 135 Å². The number of nitrogens with zero attached hydrogens (tertiary/aromatic N) is 5. The molecule has 0 fully saturated rings. The summed E-state index contributed by atoms with van der Waals surface area (Å²) in [6.07, 6.45) is 2.53. The van der Waals surface area contributed by atoms with E-state index < -0.39 is 0 Å². The van der Waals surface area contributed by atoms with Crippen molar-refractivity contribution < 1.29 is 4.79 Å². The molecule has 2 aromatic heterocycles. The summed E-state index contributed by atoms with van der Waals surface area (Å²) in [4.78, 5) is 18.9. The number of aryl methyl sites for hydroxylation is 2. The Morgan fingerprint density at radius 3 is 3.00 bits per heavy atom. The average molecular weight is 314 g/mol. The summed E-state index contributed by atoms with van der Waals surface area (Å²) in [5.41, 5.74) is 2.18. The third-order valence-corrected chi connectivity index (χ3v) is 4.37. The zero-order valence-corrected chi connectivity index (χ0v) is 13.8. The van der Waals surface area contributed by atoms with Gasteiger partial charge < -0.3 is 9.88 Å². The highest BCUT2D eigenvalue weighted by molar-refractivity contribution is 5.81. The molecule has 1 atom stereocenters. The average Bonchev–Trinajstić information content (AvgIpc) is 2.88. The fraction of sp³-hybridized carbons (Fsp3) is 0.500. The van der Waals surface area contributed by atoms with Crippen molar-refractivity contribution in [3.8, 4) is 0 Å². The second-order valence-corrected chi connectivity index (χ2v) is 6.01. The second-order valence-electron chi connectivity index (χ2n) is 6.01. The van der Waals surface area contributed by atoms with Crippen molar-refractivity contribution >= 4 is 5.91 Å². The monoisotopic (exact) mass is 314 g/mol. The molecule has 7 heteroatoms. The molecule has 1 aliphatic heterocycles. The fourth-order valence-corrected chi connectivity index (χ4v) is 2.91. The molecule has 1 N–H and O–H groups in total. The van der Waals surface area contributed by atoms with Gasteiger partial charge in [0.05, 0.1) is 13.1 Å². The zero-order chi connectivity index (χ0) is 16.4. The van der Waals surface area contributed by atoms with Crippen molar-refractivity contribution in [2.75, 3.05) is 13.6 Å². The fourth-order valence-electron chi connectivity index (χ4n) is 2.91. The van der Waals surface area contributed by atoms with Crippen LogP contribution in [0.4, 0.5) is 0 Å². The van der Waals surface area contributed by atoms with Gasteiger partial charge in [-0.2, -0.15) is 0 Å². The molecule has 0 aromatic carbocycles. The molecule has 3 rings (SSSR count). The maximum atomic E-state index is 12.5. The minimum atomic E-state index is -0.193. The van der Waals surface area contributed by atoms with E-state index in [1.165, 1.54) is 0 Å². The Morgan fingerprint density at radius 1 is 1.39 bits per heavy atom. The van der Waals surface area contributed by atoms with E-state index in [2.05, 4.69) is 20.5 Å². The van der Waals surface area contributed by atoms with Gasteiger partial charge in [-0.05, 0) is 32.5 Å². The largest absolute Gasteiger partial charge is 0.354 e. The van der Waals surface area contributed by atoms with Crippen LogP contribution in [0.15, 0.2) is 18.3 Å². The quantitative estimate of drug-likeness (QED) is 0.887. The lowest BCUT2D eigenvalue weighted by atomic mass is 10.1. The van der Waals surface area contributed by atoms with Crippen LogP contribution < -0.4 is 5.32 Å². The van der Waals surface area contributed by atoms with E-state index in [0.717, 1.165) is 29.3 Å². The first-order chi connectivity index (χ1) is 11.1. The van der Waals surface area contributed by atoms with E-state index in [-0.39, 0.29) is 11.9 Å². The molecule has 0 spiro atoms. The van der Waals surface area contributed by atoms with E-state index in [0.29, 0.717) is 19.6 Å². The number of carbonyl (C=O) groups excluding carboxylic acids is 1. The minimum Gasteiger partial charge on any atom is -0.354 e. The van der Waals surface area contributed by atoms with Crippen LogP contribution in [0.2, 0.25) is 0 Å². The van der Waals surface area contributed by atoms with E-state index in [4.69, 9.17) is 0 Å². The van der Waals surface area contributed by atoms with Crippen LogP contribution in [0.1, 0.15) is 22.9 Å². The van der Waals surface area contributed by atoms with E-state index >= 15 is 0 Å². The van der Waals surface area contributed by atoms with E-state index in [1.54, 1.807) is 6.20 Å². The van der Waals surface area contributed by atoms with Crippen LogP contribution in [0.3, 0.4) is 0 Å². The van der Waals surface area contributed by atoms with Crippen LogP contribution in [0.25, 0.3) is 0 Å². The van der Waals surface area contributed by atoms with E-state index in [1.807, 2.05) is 42.5 Å². The van der Waals surface area contributed by atoms with Gasteiger partial charge in [-0.25, -0.2) is 0 Å². The number of carbonyl (C=O) groups is 1. The van der Waals surface area contributed by atoms with E-state index in [9.17, 15) is 4.79 Å². The Morgan fingerprint density at radius 2 is 2.22 bits per heavy atom. The van der Waals surface area contributed by atoms with Crippen LogP contribution in [-0.2, 0) is 24.3 Å². The SMILES string of the molecule is Cc1cccnc1CCNC(=O)C1Cn2c(C)nnc2CN1C. The van der Waals surface area contributed by atoms with Gasteiger partial charge in [0, 0.05) is 24.9 Å². The number of likely N-dealkylation sites (N-methyl/N-ethyl adjacent to an activating group) is 1. The van der Waals surface area contributed by atoms with Gasteiger partial charge in [0.25, 0.3) is 0 Å². The Hall–Kier alpha value is -2.28. The lowest BCUT2D eigenvalue weighted by molar-refractivity contribution is -0.127. The van der Waals surface area contributed by atoms with Crippen LogP contribution in [0, 0.1) is 13.8 Å². The maximum Gasteiger partial charge on any atom is 0.239 e. The number of pyridine rings is 1. The molecule has 0 aliphatic carbocycles. The number of hydrogen-bond acceptors (Lipinski definition) is 5. The highest BCUT2D eigenvalue weighted by Gasteiger charge is 2.30. The molecule has 0 saturated carbocycles. The normalized spacial score (nSPS) is 17.8. The molecule has 2 aromatic rings. The summed E-state index contributed by atoms with van der Waals surface area (Å²) in [5.74, 6) is 1.81. The number of fused-ring (bicyclic) bond motifs is 1. The summed E-state index contributed by atoms with van der Waals surface area (Å²) in [6.45, 7) is 5.78. The van der Waals surface area contributed by atoms with Crippen LogP contribution >= 0.6 is 0 Å². The molecule has 0 saturated heterocycles. The standard InChI is InChI=1S/C16H22N6O/c1-11-5-4-7-17-13(11)6-8-18-16(23)14-9-22-12(2)19-20-15(22)10-21(14)3/h4-5,7,14H,6,8-10H2,1-3H3,(H,18,23). The first kappa shape index (κ1) is 15.6. The number of amides is 1. The molecule has 0 bridgehead atoms. The van der Waals surface area contributed by atoms with Gasteiger partial charge >= 0.3 is 0 Å². The van der Waals surface area contributed by atoms with Crippen molar-refractivity contribution in [2.45, 2.75) is 39.4 Å². The van der Waals surface area contributed by atoms with Gasteiger partial charge in [-0.1, -0.05) is 6.07 Å². The molecular formula is C16H22N6O. The Balaban J connectivity index is 1.58. The van der Waals surface area contributed by atoms with Crippen molar-refractivity contribution in [3.63, 3.8) is 0 Å². The zero-order valence-electron chi connectivity index (χ0n) is 13.8. The molecule has 1 amide bonds. The maximum absolute atomic E-state index is 12.5. The molecule has 1 aliphatic rings. The molecule has 0 radical (unpaired) electrons. The molecular weight excluding hydrogens is 292 g/mol. The highest BCUT2D eigenvalue weighted by Crippen LogP contribution is 2.16. The third-order valence-electron chi connectivity index (χ3n) is 4.37. The molecule has 122 valence electrons. The number of rotatable bonds is 4. The number of aromatic nitrogens is 4. The van der Waals surface area contributed by atoms with Crippen molar-refractivity contribution in [2.24, 2.45) is 0 Å². The van der Waals surface area contributed by atoms with Crippen molar-refractivity contribution in [3.05, 3.63) is 41.2 Å². The second kappa shape index (κ2) is 6.45. The molecule has 23 heavy (non-hydrogen) atoms.